The zero-order chi connectivity index (χ0) is 14.7. The Kier molecular flexibility index (Phi) is 4.22. The standard InChI is InChI=1S/C14H16FNO4/c1-20-14(19)16-7-6-11(12(8-16)13(17)18)9-2-4-10(15)5-3-9/h2-5,11-12H,6-8H2,1H3,(H,17,18)/t11-,12+/m0/s1. The molecule has 1 aliphatic rings. The van der Waals surface area contributed by atoms with Crippen LogP contribution in [0.2, 0.25) is 0 Å². The summed E-state index contributed by atoms with van der Waals surface area (Å²) in [5, 5.41) is 9.34. The number of carbonyl (C=O) groups excluding carboxylic acids is 1. The number of hydrogen-bond acceptors (Lipinski definition) is 3. The Hall–Kier alpha value is -2.11. The van der Waals surface area contributed by atoms with Crippen molar-refractivity contribution in [2.24, 2.45) is 5.92 Å². The van der Waals surface area contributed by atoms with E-state index in [1.165, 1.54) is 24.1 Å². The number of amides is 1. The molecule has 1 N–H and O–H groups in total. The van der Waals surface area contributed by atoms with Crippen molar-refractivity contribution < 1.29 is 23.8 Å². The number of hydrogen-bond donors (Lipinski definition) is 1. The molecule has 1 aromatic carbocycles. The number of ether oxygens (including phenoxy) is 1. The number of methoxy groups -OCH3 is 1. The van der Waals surface area contributed by atoms with Gasteiger partial charge in [0, 0.05) is 19.0 Å². The van der Waals surface area contributed by atoms with Crippen LogP contribution in [0.15, 0.2) is 24.3 Å². The average molecular weight is 281 g/mol. The van der Waals surface area contributed by atoms with Crippen LogP contribution >= 0.6 is 0 Å². The highest BCUT2D eigenvalue weighted by Crippen LogP contribution is 2.33. The molecule has 0 saturated carbocycles. The minimum atomic E-state index is -0.965. The van der Waals surface area contributed by atoms with Gasteiger partial charge in [0.25, 0.3) is 0 Å². The van der Waals surface area contributed by atoms with Crippen LogP contribution in [0.1, 0.15) is 17.9 Å². The highest BCUT2D eigenvalue weighted by atomic mass is 19.1. The molecular formula is C14H16FNO4. The van der Waals surface area contributed by atoms with Crippen LogP contribution in [-0.2, 0) is 9.53 Å². The maximum Gasteiger partial charge on any atom is 0.409 e. The zero-order valence-corrected chi connectivity index (χ0v) is 11.1. The van der Waals surface area contributed by atoms with Gasteiger partial charge < -0.3 is 14.7 Å². The fourth-order valence-corrected chi connectivity index (χ4v) is 2.61. The highest BCUT2D eigenvalue weighted by molar-refractivity contribution is 5.74. The number of piperidine rings is 1. The van der Waals surface area contributed by atoms with E-state index in [0.29, 0.717) is 13.0 Å². The third kappa shape index (κ3) is 2.89. The number of carboxylic acid groups (broad SMARTS) is 1. The Morgan fingerprint density at radius 1 is 1.35 bits per heavy atom. The maximum absolute atomic E-state index is 12.9. The van der Waals surface area contributed by atoms with Gasteiger partial charge in [-0.3, -0.25) is 4.79 Å². The molecule has 20 heavy (non-hydrogen) atoms. The van der Waals surface area contributed by atoms with E-state index >= 15 is 0 Å². The first kappa shape index (κ1) is 14.3. The summed E-state index contributed by atoms with van der Waals surface area (Å²) in [7, 11) is 1.27. The van der Waals surface area contributed by atoms with Crippen molar-refractivity contribution in [1.82, 2.24) is 4.90 Å². The molecule has 1 amide bonds. The monoisotopic (exact) mass is 281 g/mol. The van der Waals surface area contributed by atoms with Gasteiger partial charge in [-0.05, 0) is 24.1 Å². The number of nitrogens with zero attached hydrogens (tertiary/aromatic N) is 1. The Bertz CT molecular complexity index is 502. The topological polar surface area (TPSA) is 66.8 Å². The molecule has 0 aliphatic carbocycles. The lowest BCUT2D eigenvalue weighted by Gasteiger charge is -2.35. The van der Waals surface area contributed by atoms with Crippen LogP contribution in [0.4, 0.5) is 9.18 Å². The highest BCUT2D eigenvalue weighted by Gasteiger charge is 2.37. The number of benzene rings is 1. The van der Waals surface area contributed by atoms with Crippen molar-refractivity contribution in [1.29, 1.82) is 0 Å². The second kappa shape index (κ2) is 5.90. The van der Waals surface area contributed by atoms with Crippen LogP contribution < -0.4 is 0 Å². The minimum absolute atomic E-state index is 0.101. The van der Waals surface area contributed by atoms with Crippen LogP contribution in [0.5, 0.6) is 0 Å². The largest absolute Gasteiger partial charge is 0.481 e. The molecule has 1 aromatic rings. The second-order valence-corrected chi connectivity index (χ2v) is 4.81. The predicted octanol–water partition coefficient (Wildman–Crippen LogP) is 2.08. The molecule has 0 radical (unpaired) electrons. The molecule has 0 spiro atoms. The van der Waals surface area contributed by atoms with Gasteiger partial charge in [0.2, 0.25) is 0 Å². The molecule has 1 aliphatic heterocycles. The Morgan fingerprint density at radius 3 is 2.55 bits per heavy atom. The SMILES string of the molecule is COC(=O)N1CC[C@@H](c2ccc(F)cc2)[C@H](C(=O)O)C1. The second-order valence-electron chi connectivity index (χ2n) is 4.81. The van der Waals surface area contributed by atoms with Gasteiger partial charge in [-0.25, -0.2) is 9.18 Å². The van der Waals surface area contributed by atoms with Crippen LogP contribution in [0.3, 0.4) is 0 Å². The first-order chi connectivity index (χ1) is 9.52. The van der Waals surface area contributed by atoms with Crippen molar-refractivity contribution in [2.75, 3.05) is 20.2 Å². The minimum Gasteiger partial charge on any atom is -0.481 e. The summed E-state index contributed by atoms with van der Waals surface area (Å²) < 4.78 is 17.6. The molecule has 108 valence electrons. The lowest BCUT2D eigenvalue weighted by Crippen LogP contribution is -2.45. The van der Waals surface area contributed by atoms with Crippen molar-refractivity contribution in [2.45, 2.75) is 12.3 Å². The molecule has 0 bridgehead atoms. The summed E-state index contributed by atoms with van der Waals surface area (Å²) >= 11 is 0. The molecular weight excluding hydrogens is 265 g/mol. The van der Waals surface area contributed by atoms with Gasteiger partial charge in [0.15, 0.2) is 0 Å². The number of carbonyl (C=O) groups is 2. The number of rotatable bonds is 2. The van der Waals surface area contributed by atoms with Crippen LogP contribution in [0, 0.1) is 11.7 Å². The third-order valence-electron chi connectivity index (χ3n) is 3.66. The molecule has 0 unspecified atom stereocenters. The average Bonchev–Trinajstić information content (AvgIpc) is 2.46. The normalized spacial score (nSPS) is 22.4. The summed E-state index contributed by atoms with van der Waals surface area (Å²) in [6.45, 7) is 0.530. The quantitative estimate of drug-likeness (QED) is 0.901. The third-order valence-corrected chi connectivity index (χ3v) is 3.66. The predicted molar refractivity (Wildman–Crippen MR) is 68.9 cm³/mol. The van der Waals surface area contributed by atoms with Gasteiger partial charge in [-0.1, -0.05) is 12.1 Å². The van der Waals surface area contributed by atoms with E-state index in [1.807, 2.05) is 0 Å². The van der Waals surface area contributed by atoms with Crippen molar-refractivity contribution >= 4 is 12.1 Å². The number of halogens is 1. The summed E-state index contributed by atoms with van der Waals surface area (Å²) in [5.41, 5.74) is 0.781. The first-order valence-electron chi connectivity index (χ1n) is 6.34. The molecule has 1 fully saturated rings. The molecule has 2 atom stereocenters. The van der Waals surface area contributed by atoms with Gasteiger partial charge in [-0.15, -0.1) is 0 Å². The van der Waals surface area contributed by atoms with E-state index in [-0.39, 0.29) is 18.3 Å². The van der Waals surface area contributed by atoms with Crippen LogP contribution in [0.25, 0.3) is 0 Å². The van der Waals surface area contributed by atoms with E-state index in [4.69, 9.17) is 0 Å². The number of aliphatic carboxylic acids is 1. The lowest BCUT2D eigenvalue weighted by atomic mass is 9.80. The Morgan fingerprint density at radius 2 is 2.00 bits per heavy atom. The van der Waals surface area contributed by atoms with E-state index < -0.39 is 18.0 Å². The molecule has 6 heteroatoms. The number of likely N-dealkylation sites (tertiary alicyclic amines) is 1. The molecule has 1 heterocycles. The molecule has 5 nitrogen and oxygen atoms in total. The summed E-state index contributed by atoms with van der Waals surface area (Å²) in [5.74, 6) is -2.26. The molecule has 0 aromatic heterocycles. The Balaban J connectivity index is 2.19. The van der Waals surface area contributed by atoms with Gasteiger partial charge in [-0.2, -0.15) is 0 Å². The fraction of sp³-hybridized carbons (Fsp3) is 0.429. The number of carboxylic acids is 1. The fourth-order valence-electron chi connectivity index (χ4n) is 2.61. The van der Waals surface area contributed by atoms with Gasteiger partial charge >= 0.3 is 12.1 Å². The van der Waals surface area contributed by atoms with E-state index in [9.17, 15) is 19.1 Å². The van der Waals surface area contributed by atoms with E-state index in [1.54, 1.807) is 12.1 Å². The maximum atomic E-state index is 12.9. The van der Waals surface area contributed by atoms with Gasteiger partial charge in [0.05, 0.1) is 13.0 Å². The Labute approximate surface area is 116 Å². The van der Waals surface area contributed by atoms with Crippen molar-refractivity contribution in [3.05, 3.63) is 35.6 Å². The van der Waals surface area contributed by atoms with E-state index in [0.717, 1.165) is 5.56 Å². The summed E-state index contributed by atoms with van der Waals surface area (Å²) in [6.07, 6.45) is -0.00802. The van der Waals surface area contributed by atoms with Crippen molar-refractivity contribution in [3.63, 3.8) is 0 Å². The van der Waals surface area contributed by atoms with Crippen LogP contribution in [-0.4, -0.2) is 42.3 Å². The lowest BCUT2D eigenvalue weighted by molar-refractivity contribution is -0.144. The van der Waals surface area contributed by atoms with Gasteiger partial charge in [0.1, 0.15) is 5.82 Å². The summed E-state index contributed by atoms with van der Waals surface area (Å²) in [6, 6.07) is 5.84. The molecule has 2 rings (SSSR count). The van der Waals surface area contributed by atoms with E-state index in [2.05, 4.69) is 4.74 Å². The summed E-state index contributed by atoms with van der Waals surface area (Å²) in [4.78, 5) is 24.3. The first-order valence-corrected chi connectivity index (χ1v) is 6.34. The molecule has 1 saturated heterocycles. The zero-order valence-electron chi connectivity index (χ0n) is 11.1. The smallest absolute Gasteiger partial charge is 0.409 e. The van der Waals surface area contributed by atoms with Crippen molar-refractivity contribution in [3.8, 4) is 0 Å².